The zero-order valence-corrected chi connectivity index (χ0v) is 15.9. The summed E-state index contributed by atoms with van der Waals surface area (Å²) in [6.07, 6.45) is -1.22. The topological polar surface area (TPSA) is 82.4 Å². The molecule has 3 rings (SSSR count). The summed E-state index contributed by atoms with van der Waals surface area (Å²) in [5, 5.41) is 14.4. The van der Waals surface area contributed by atoms with Crippen molar-refractivity contribution < 1.29 is 14.6 Å². The molecule has 7 nitrogen and oxygen atoms in total. The quantitative estimate of drug-likeness (QED) is 0.606. The smallest absolute Gasteiger partial charge is 0.257 e. The summed E-state index contributed by atoms with van der Waals surface area (Å²) in [5.74, 6) is 0.317. The molecule has 2 aromatic carbocycles. The first-order valence-electron chi connectivity index (χ1n) is 8.48. The van der Waals surface area contributed by atoms with Crippen molar-refractivity contribution in [3.63, 3.8) is 0 Å². The second-order valence-corrected chi connectivity index (χ2v) is 7.36. The molecule has 0 bridgehead atoms. The van der Waals surface area contributed by atoms with Crippen LogP contribution in [-0.4, -0.2) is 49.4 Å². The SMILES string of the molecule is COc1ccc([C@@H]2Sc3ccccc3N(CCN(C)N=O)C(=O)[C@@H]2O)cc1. The van der Waals surface area contributed by atoms with Gasteiger partial charge in [-0.3, -0.25) is 9.80 Å². The van der Waals surface area contributed by atoms with Crippen molar-refractivity contribution in [1.29, 1.82) is 0 Å². The Balaban J connectivity index is 1.95. The molecule has 1 N–H and O–H groups in total. The number of ether oxygens (including phenoxy) is 1. The maximum atomic E-state index is 13.0. The molecule has 0 unspecified atom stereocenters. The number of anilines is 1. The van der Waals surface area contributed by atoms with E-state index < -0.39 is 17.3 Å². The molecule has 0 saturated carbocycles. The third-order valence-electron chi connectivity index (χ3n) is 4.45. The number of nitroso groups, excluding NO2 is 1. The number of hydrogen-bond donors (Lipinski definition) is 1. The van der Waals surface area contributed by atoms with Crippen LogP contribution in [-0.2, 0) is 4.79 Å². The van der Waals surface area contributed by atoms with Crippen molar-refractivity contribution in [2.45, 2.75) is 16.2 Å². The Hall–Kier alpha value is -2.58. The summed E-state index contributed by atoms with van der Waals surface area (Å²) in [5.41, 5.74) is 1.56. The van der Waals surface area contributed by atoms with Gasteiger partial charge < -0.3 is 14.7 Å². The number of nitrogens with zero attached hydrogens (tertiary/aromatic N) is 3. The van der Waals surface area contributed by atoms with Gasteiger partial charge in [-0.2, -0.15) is 0 Å². The minimum absolute atomic E-state index is 0.255. The Morgan fingerprint density at radius 2 is 1.93 bits per heavy atom. The molecule has 2 atom stereocenters. The molecule has 0 aromatic heterocycles. The lowest BCUT2D eigenvalue weighted by Gasteiger charge is -2.26. The highest BCUT2D eigenvalue weighted by Crippen LogP contribution is 2.45. The average molecular weight is 387 g/mol. The van der Waals surface area contributed by atoms with Crippen LogP contribution in [0.15, 0.2) is 58.7 Å². The first-order valence-corrected chi connectivity index (χ1v) is 9.36. The van der Waals surface area contributed by atoms with Crippen molar-refractivity contribution in [3.8, 4) is 5.75 Å². The molecule has 27 heavy (non-hydrogen) atoms. The van der Waals surface area contributed by atoms with Gasteiger partial charge in [-0.15, -0.1) is 16.7 Å². The largest absolute Gasteiger partial charge is 0.497 e. The van der Waals surface area contributed by atoms with Crippen molar-refractivity contribution in [2.75, 3.05) is 32.1 Å². The number of thioether (sulfide) groups is 1. The number of methoxy groups -OCH3 is 1. The lowest BCUT2D eigenvalue weighted by atomic mass is 10.1. The van der Waals surface area contributed by atoms with Crippen LogP contribution in [0.2, 0.25) is 0 Å². The average Bonchev–Trinajstić information content (AvgIpc) is 2.81. The summed E-state index contributed by atoms with van der Waals surface area (Å²) >= 11 is 1.45. The van der Waals surface area contributed by atoms with Gasteiger partial charge in [-0.1, -0.05) is 24.3 Å². The molecule has 1 aliphatic rings. The number of hydrogen-bond acceptors (Lipinski definition) is 6. The van der Waals surface area contributed by atoms with E-state index in [2.05, 4.69) is 5.29 Å². The third-order valence-corrected chi connectivity index (χ3v) is 5.83. The molecule has 0 saturated heterocycles. The highest BCUT2D eigenvalue weighted by molar-refractivity contribution is 7.99. The summed E-state index contributed by atoms with van der Waals surface area (Å²) in [7, 11) is 3.14. The van der Waals surface area contributed by atoms with Gasteiger partial charge in [0.15, 0.2) is 0 Å². The monoisotopic (exact) mass is 387 g/mol. The maximum absolute atomic E-state index is 13.0. The highest BCUT2D eigenvalue weighted by atomic mass is 32.2. The number of carbonyl (C=O) groups is 1. The normalized spacial score (nSPS) is 19.2. The van der Waals surface area contributed by atoms with Gasteiger partial charge in [0.05, 0.1) is 29.9 Å². The molecule has 1 amide bonds. The second-order valence-electron chi connectivity index (χ2n) is 6.18. The fourth-order valence-electron chi connectivity index (χ4n) is 2.95. The number of benzene rings is 2. The summed E-state index contributed by atoms with van der Waals surface area (Å²) in [6, 6.07) is 14.9. The summed E-state index contributed by atoms with van der Waals surface area (Å²) in [6.45, 7) is 0.527. The van der Waals surface area contributed by atoms with Gasteiger partial charge in [0.1, 0.15) is 11.9 Å². The van der Waals surface area contributed by atoms with Crippen LogP contribution in [0.4, 0.5) is 5.69 Å². The van der Waals surface area contributed by atoms with Crippen LogP contribution >= 0.6 is 11.8 Å². The molecule has 0 aliphatic carbocycles. The highest BCUT2D eigenvalue weighted by Gasteiger charge is 2.37. The van der Waals surface area contributed by atoms with Crippen LogP contribution in [0.25, 0.3) is 0 Å². The molecule has 0 fully saturated rings. The van der Waals surface area contributed by atoms with Crippen LogP contribution in [0.5, 0.6) is 5.75 Å². The summed E-state index contributed by atoms with van der Waals surface area (Å²) in [4.78, 5) is 26.1. The van der Waals surface area contributed by atoms with E-state index in [0.717, 1.165) is 16.1 Å². The summed E-state index contributed by atoms with van der Waals surface area (Å²) < 4.78 is 5.18. The Morgan fingerprint density at radius 3 is 2.59 bits per heavy atom. The predicted octanol–water partition coefficient (Wildman–Crippen LogP) is 2.85. The van der Waals surface area contributed by atoms with Gasteiger partial charge in [-0.25, -0.2) is 0 Å². The molecular formula is C19H21N3O4S. The van der Waals surface area contributed by atoms with Crippen LogP contribution in [0, 0.1) is 4.91 Å². The number of aliphatic hydroxyl groups is 1. The van der Waals surface area contributed by atoms with Gasteiger partial charge in [-0.05, 0) is 29.8 Å². The number of rotatable bonds is 6. The van der Waals surface area contributed by atoms with E-state index in [-0.39, 0.29) is 13.1 Å². The van der Waals surface area contributed by atoms with E-state index in [9.17, 15) is 14.8 Å². The van der Waals surface area contributed by atoms with Crippen LogP contribution < -0.4 is 9.64 Å². The molecule has 8 heteroatoms. The Morgan fingerprint density at radius 1 is 1.22 bits per heavy atom. The Labute approximate surface area is 161 Å². The predicted molar refractivity (Wildman–Crippen MR) is 105 cm³/mol. The van der Waals surface area contributed by atoms with Gasteiger partial charge in [0, 0.05) is 18.5 Å². The van der Waals surface area contributed by atoms with E-state index in [1.54, 1.807) is 14.2 Å². The number of aliphatic hydroxyl groups excluding tert-OH is 1. The van der Waals surface area contributed by atoms with Gasteiger partial charge in [0.2, 0.25) is 0 Å². The molecule has 1 aliphatic heterocycles. The molecule has 0 radical (unpaired) electrons. The number of likely N-dealkylation sites (N-methyl/N-ethyl adjacent to an activating group) is 1. The van der Waals surface area contributed by atoms with Crippen molar-refractivity contribution >= 4 is 23.4 Å². The van der Waals surface area contributed by atoms with Crippen LogP contribution in [0.3, 0.4) is 0 Å². The van der Waals surface area contributed by atoms with E-state index in [4.69, 9.17) is 4.74 Å². The van der Waals surface area contributed by atoms with Gasteiger partial charge in [0.25, 0.3) is 5.91 Å². The van der Waals surface area contributed by atoms with Gasteiger partial charge >= 0.3 is 0 Å². The zero-order chi connectivity index (χ0) is 19.4. The number of carbonyl (C=O) groups excluding carboxylic acids is 1. The van der Waals surface area contributed by atoms with Crippen molar-refractivity contribution in [3.05, 3.63) is 59.0 Å². The van der Waals surface area contributed by atoms with E-state index in [1.807, 2.05) is 48.5 Å². The molecular weight excluding hydrogens is 366 g/mol. The van der Waals surface area contributed by atoms with E-state index >= 15 is 0 Å². The fourth-order valence-corrected chi connectivity index (χ4v) is 4.22. The Bertz CT molecular complexity index is 815. The second kappa shape index (κ2) is 8.41. The first kappa shape index (κ1) is 19.2. The minimum Gasteiger partial charge on any atom is -0.497 e. The number of fused-ring (bicyclic) bond motifs is 1. The maximum Gasteiger partial charge on any atom is 0.257 e. The Kier molecular flexibility index (Phi) is 5.98. The van der Waals surface area contributed by atoms with E-state index in [1.165, 1.54) is 21.7 Å². The fraction of sp³-hybridized carbons (Fsp3) is 0.316. The minimum atomic E-state index is -1.22. The van der Waals surface area contributed by atoms with E-state index in [0.29, 0.717) is 5.75 Å². The number of amides is 1. The molecule has 2 aromatic rings. The lowest BCUT2D eigenvalue weighted by molar-refractivity contribution is -0.126. The lowest BCUT2D eigenvalue weighted by Crippen LogP contribution is -2.43. The molecule has 0 spiro atoms. The molecule has 1 heterocycles. The first-order chi connectivity index (χ1) is 13.0. The standard InChI is InChI=1S/C19H21N3O4S/c1-21(20-25)11-12-22-15-5-3-4-6-16(15)27-18(17(23)19(22)24)13-7-9-14(26-2)10-8-13/h3-10,17-18,23H,11-12H2,1-2H3/t17-,18+/m1/s1. The van der Waals surface area contributed by atoms with Crippen LogP contribution in [0.1, 0.15) is 10.8 Å². The molecule has 142 valence electrons. The zero-order valence-electron chi connectivity index (χ0n) is 15.1. The number of para-hydroxylation sites is 1. The van der Waals surface area contributed by atoms with Crippen molar-refractivity contribution in [1.82, 2.24) is 5.01 Å². The van der Waals surface area contributed by atoms with Crippen molar-refractivity contribution in [2.24, 2.45) is 5.29 Å². The third kappa shape index (κ3) is 4.06.